The topological polar surface area (TPSA) is 52.6 Å². The van der Waals surface area contributed by atoms with Gasteiger partial charge in [-0.05, 0) is 43.9 Å². The predicted molar refractivity (Wildman–Crippen MR) is 69.9 cm³/mol. The van der Waals surface area contributed by atoms with Gasteiger partial charge >= 0.3 is 11.9 Å². The summed E-state index contributed by atoms with van der Waals surface area (Å²) in [6.45, 7) is 4.38. The molecule has 2 atom stereocenters. The monoisotopic (exact) mass is 262 g/mol. The van der Waals surface area contributed by atoms with Crippen LogP contribution in [0.2, 0.25) is 0 Å². The van der Waals surface area contributed by atoms with Crippen molar-refractivity contribution in [2.24, 2.45) is 5.92 Å². The molecule has 0 spiro atoms. The molecule has 1 fully saturated rings. The molecule has 0 saturated heterocycles. The van der Waals surface area contributed by atoms with Gasteiger partial charge in [-0.15, -0.1) is 0 Å². The van der Waals surface area contributed by atoms with E-state index in [0.29, 0.717) is 18.8 Å². The van der Waals surface area contributed by atoms with Crippen molar-refractivity contribution in [2.45, 2.75) is 26.2 Å². The van der Waals surface area contributed by atoms with Crippen LogP contribution in [0.3, 0.4) is 0 Å². The zero-order valence-electron chi connectivity index (χ0n) is 11.2. The van der Waals surface area contributed by atoms with E-state index >= 15 is 0 Å². The van der Waals surface area contributed by atoms with E-state index < -0.39 is 0 Å². The van der Waals surface area contributed by atoms with E-state index in [1.807, 2.05) is 19.1 Å². The van der Waals surface area contributed by atoms with Crippen molar-refractivity contribution >= 4 is 11.9 Å². The number of hydrogen-bond donors (Lipinski definition) is 0. The van der Waals surface area contributed by atoms with Crippen molar-refractivity contribution in [3.05, 3.63) is 35.4 Å². The summed E-state index contributed by atoms with van der Waals surface area (Å²) in [5, 5.41) is 0. The Bertz CT molecular complexity index is 464. The van der Waals surface area contributed by atoms with Gasteiger partial charge < -0.3 is 9.47 Å². The summed E-state index contributed by atoms with van der Waals surface area (Å²) in [7, 11) is 0. The SMILES string of the molecule is CCOC(=O)c1ccc([C@@H]2C[C@H]2C(=O)OCC)cc1. The Balaban J connectivity index is 1.97. The minimum atomic E-state index is -0.313. The Morgan fingerprint density at radius 3 is 2.32 bits per heavy atom. The fourth-order valence-corrected chi connectivity index (χ4v) is 2.15. The van der Waals surface area contributed by atoms with Gasteiger partial charge in [0.05, 0.1) is 24.7 Å². The van der Waals surface area contributed by atoms with Crippen molar-refractivity contribution in [2.75, 3.05) is 13.2 Å². The lowest BCUT2D eigenvalue weighted by molar-refractivity contribution is -0.144. The van der Waals surface area contributed by atoms with Crippen LogP contribution in [-0.2, 0) is 14.3 Å². The number of benzene rings is 1. The smallest absolute Gasteiger partial charge is 0.338 e. The number of carbonyl (C=O) groups excluding carboxylic acids is 2. The van der Waals surface area contributed by atoms with Crippen molar-refractivity contribution in [1.82, 2.24) is 0 Å². The Morgan fingerprint density at radius 2 is 1.74 bits per heavy atom. The lowest BCUT2D eigenvalue weighted by atomic mass is 10.1. The molecule has 1 saturated carbocycles. The Kier molecular flexibility index (Phi) is 4.20. The van der Waals surface area contributed by atoms with Gasteiger partial charge in [-0.2, -0.15) is 0 Å². The highest BCUT2D eigenvalue weighted by molar-refractivity contribution is 5.89. The quantitative estimate of drug-likeness (QED) is 0.765. The molecule has 1 aromatic rings. The van der Waals surface area contributed by atoms with Gasteiger partial charge in [0.15, 0.2) is 0 Å². The van der Waals surface area contributed by atoms with Gasteiger partial charge in [0.2, 0.25) is 0 Å². The minimum Gasteiger partial charge on any atom is -0.466 e. The van der Waals surface area contributed by atoms with Gasteiger partial charge in [0.25, 0.3) is 0 Å². The van der Waals surface area contributed by atoms with E-state index in [-0.39, 0.29) is 23.8 Å². The molecule has 1 aliphatic rings. The molecular formula is C15H18O4. The number of carbonyl (C=O) groups is 2. The molecule has 0 heterocycles. The van der Waals surface area contributed by atoms with Gasteiger partial charge in [-0.1, -0.05) is 12.1 Å². The first kappa shape index (κ1) is 13.6. The molecule has 102 valence electrons. The Morgan fingerprint density at radius 1 is 1.11 bits per heavy atom. The lowest BCUT2D eigenvalue weighted by Crippen LogP contribution is -2.07. The first-order chi connectivity index (χ1) is 9.17. The summed E-state index contributed by atoms with van der Waals surface area (Å²) in [6, 6.07) is 7.26. The highest BCUT2D eigenvalue weighted by atomic mass is 16.5. The van der Waals surface area contributed by atoms with E-state index in [1.54, 1.807) is 19.1 Å². The molecule has 0 amide bonds. The number of rotatable bonds is 5. The van der Waals surface area contributed by atoms with Gasteiger partial charge in [0, 0.05) is 0 Å². The second kappa shape index (κ2) is 5.87. The first-order valence-electron chi connectivity index (χ1n) is 6.61. The zero-order valence-corrected chi connectivity index (χ0v) is 11.2. The van der Waals surface area contributed by atoms with Crippen LogP contribution in [0, 0.1) is 5.92 Å². The molecule has 0 aromatic heterocycles. The second-order valence-corrected chi connectivity index (χ2v) is 4.54. The van der Waals surface area contributed by atoms with Gasteiger partial charge in [-0.3, -0.25) is 4.79 Å². The normalized spacial score (nSPS) is 20.7. The second-order valence-electron chi connectivity index (χ2n) is 4.54. The maximum atomic E-state index is 11.6. The van der Waals surface area contributed by atoms with Crippen LogP contribution in [0.15, 0.2) is 24.3 Å². The average molecular weight is 262 g/mol. The first-order valence-corrected chi connectivity index (χ1v) is 6.61. The van der Waals surface area contributed by atoms with Crippen LogP contribution >= 0.6 is 0 Å². The van der Waals surface area contributed by atoms with Crippen molar-refractivity contribution < 1.29 is 19.1 Å². The van der Waals surface area contributed by atoms with Gasteiger partial charge in [-0.25, -0.2) is 4.79 Å². The highest BCUT2D eigenvalue weighted by Crippen LogP contribution is 2.48. The lowest BCUT2D eigenvalue weighted by Gasteiger charge is -2.04. The molecule has 4 heteroatoms. The standard InChI is InChI=1S/C15H18O4/c1-3-18-14(16)11-7-5-10(6-8-11)12-9-13(12)15(17)19-4-2/h5-8,12-13H,3-4,9H2,1-2H3/t12-,13+/m0/s1. The van der Waals surface area contributed by atoms with Crippen molar-refractivity contribution in [1.29, 1.82) is 0 Å². The van der Waals surface area contributed by atoms with Crippen molar-refractivity contribution in [3.63, 3.8) is 0 Å². The van der Waals surface area contributed by atoms with Crippen molar-refractivity contribution in [3.8, 4) is 0 Å². The summed E-state index contributed by atoms with van der Waals surface area (Å²) in [5.74, 6) is -0.225. The van der Waals surface area contributed by atoms with Crippen LogP contribution in [0.25, 0.3) is 0 Å². The molecule has 0 radical (unpaired) electrons. The average Bonchev–Trinajstić information content (AvgIpc) is 3.20. The van der Waals surface area contributed by atoms with E-state index in [4.69, 9.17) is 9.47 Å². The van der Waals surface area contributed by atoms with Crippen LogP contribution < -0.4 is 0 Å². The maximum absolute atomic E-state index is 11.6. The molecule has 2 rings (SSSR count). The van der Waals surface area contributed by atoms with Crippen LogP contribution in [-0.4, -0.2) is 25.2 Å². The number of ether oxygens (including phenoxy) is 2. The maximum Gasteiger partial charge on any atom is 0.338 e. The van der Waals surface area contributed by atoms with E-state index in [0.717, 1.165) is 12.0 Å². The summed E-state index contributed by atoms with van der Waals surface area (Å²) < 4.78 is 9.92. The molecular weight excluding hydrogens is 244 g/mol. The third-order valence-electron chi connectivity index (χ3n) is 3.23. The molecule has 0 N–H and O–H groups in total. The van der Waals surface area contributed by atoms with E-state index in [2.05, 4.69) is 0 Å². The Labute approximate surface area is 112 Å². The number of esters is 2. The zero-order chi connectivity index (χ0) is 13.8. The third kappa shape index (κ3) is 3.13. The van der Waals surface area contributed by atoms with Crippen LogP contribution in [0.5, 0.6) is 0 Å². The molecule has 1 aliphatic carbocycles. The predicted octanol–water partition coefficient (Wildman–Crippen LogP) is 2.53. The van der Waals surface area contributed by atoms with Crippen LogP contribution in [0.4, 0.5) is 0 Å². The summed E-state index contributed by atoms with van der Waals surface area (Å²) in [5.41, 5.74) is 1.62. The molecule has 0 unspecified atom stereocenters. The highest BCUT2D eigenvalue weighted by Gasteiger charge is 2.45. The van der Waals surface area contributed by atoms with E-state index in [9.17, 15) is 9.59 Å². The minimum absolute atomic E-state index is 0.0200. The molecule has 19 heavy (non-hydrogen) atoms. The third-order valence-corrected chi connectivity index (χ3v) is 3.23. The molecule has 4 nitrogen and oxygen atoms in total. The van der Waals surface area contributed by atoms with E-state index in [1.165, 1.54) is 0 Å². The molecule has 0 aliphatic heterocycles. The summed E-state index contributed by atoms with van der Waals surface area (Å²) in [6.07, 6.45) is 0.831. The van der Waals surface area contributed by atoms with Crippen LogP contribution in [0.1, 0.15) is 42.1 Å². The molecule has 1 aromatic carbocycles. The molecule has 0 bridgehead atoms. The largest absolute Gasteiger partial charge is 0.466 e. The fourth-order valence-electron chi connectivity index (χ4n) is 2.15. The number of hydrogen-bond acceptors (Lipinski definition) is 4. The summed E-state index contributed by atoms with van der Waals surface area (Å²) >= 11 is 0. The van der Waals surface area contributed by atoms with Gasteiger partial charge in [0.1, 0.15) is 0 Å². The summed E-state index contributed by atoms with van der Waals surface area (Å²) in [4.78, 5) is 23.1. The Hall–Kier alpha value is -1.84. The fraction of sp³-hybridized carbons (Fsp3) is 0.467.